The van der Waals surface area contributed by atoms with Crippen molar-refractivity contribution in [2.24, 2.45) is 5.73 Å². The molecule has 0 aromatic heterocycles. The van der Waals surface area contributed by atoms with Crippen molar-refractivity contribution in [3.8, 4) is 5.75 Å². The molecular weight excluding hydrogens is 169 g/mol. The van der Waals surface area contributed by atoms with Gasteiger partial charge in [-0.05, 0) is 24.6 Å². The van der Waals surface area contributed by atoms with E-state index < -0.39 is 12.2 Å². The van der Waals surface area contributed by atoms with Crippen LogP contribution < -0.4 is 10.5 Å². The van der Waals surface area contributed by atoms with E-state index in [1.54, 1.807) is 38.3 Å². The first kappa shape index (κ1) is 9.99. The summed E-state index contributed by atoms with van der Waals surface area (Å²) in [6.45, 7) is 1.64. The zero-order chi connectivity index (χ0) is 9.84. The summed E-state index contributed by atoms with van der Waals surface area (Å²) in [7, 11) is 1.55. The van der Waals surface area contributed by atoms with Crippen LogP contribution in [-0.2, 0) is 0 Å². The summed E-state index contributed by atoms with van der Waals surface area (Å²) in [6, 6.07) is 6.40. The van der Waals surface area contributed by atoms with Crippen LogP contribution in [0.4, 0.5) is 4.39 Å². The quantitative estimate of drug-likeness (QED) is 0.778. The van der Waals surface area contributed by atoms with Crippen LogP contribution in [0.5, 0.6) is 5.75 Å². The summed E-state index contributed by atoms with van der Waals surface area (Å²) in [5.74, 6) is 0.654. The maximum atomic E-state index is 13.4. The second-order valence-corrected chi connectivity index (χ2v) is 3.04. The molecule has 0 saturated heterocycles. The van der Waals surface area contributed by atoms with E-state index in [0.717, 1.165) is 0 Å². The average molecular weight is 183 g/mol. The molecule has 0 aliphatic rings. The van der Waals surface area contributed by atoms with E-state index in [4.69, 9.17) is 10.5 Å². The van der Waals surface area contributed by atoms with Crippen LogP contribution in [0.1, 0.15) is 18.7 Å². The number of benzene rings is 1. The van der Waals surface area contributed by atoms with Crippen molar-refractivity contribution >= 4 is 0 Å². The van der Waals surface area contributed by atoms with E-state index in [1.807, 2.05) is 0 Å². The molecule has 0 fully saturated rings. The number of halogens is 1. The van der Waals surface area contributed by atoms with E-state index in [1.165, 1.54) is 0 Å². The van der Waals surface area contributed by atoms with Crippen LogP contribution in [-0.4, -0.2) is 13.2 Å². The number of alkyl halides is 1. The molecule has 0 heterocycles. The van der Waals surface area contributed by atoms with E-state index in [2.05, 4.69) is 0 Å². The van der Waals surface area contributed by atoms with Crippen molar-refractivity contribution in [3.63, 3.8) is 0 Å². The molecule has 2 nitrogen and oxygen atoms in total. The summed E-state index contributed by atoms with van der Waals surface area (Å²) in [5.41, 5.74) is 6.01. The molecule has 0 aliphatic carbocycles. The smallest absolute Gasteiger partial charge is 0.140 e. The van der Waals surface area contributed by atoms with Gasteiger partial charge in [-0.15, -0.1) is 0 Å². The van der Waals surface area contributed by atoms with Gasteiger partial charge in [0.2, 0.25) is 0 Å². The number of hydrogen-bond acceptors (Lipinski definition) is 2. The molecule has 0 unspecified atom stereocenters. The summed E-state index contributed by atoms with van der Waals surface area (Å²) in [4.78, 5) is 0. The van der Waals surface area contributed by atoms with Gasteiger partial charge in [0.1, 0.15) is 11.9 Å². The molecule has 0 aliphatic heterocycles. The molecule has 0 radical (unpaired) electrons. The van der Waals surface area contributed by atoms with Crippen LogP contribution in [0.25, 0.3) is 0 Å². The molecule has 0 bridgehead atoms. The number of nitrogens with two attached hydrogens (primary N) is 1. The predicted octanol–water partition coefficient (Wildman–Crippen LogP) is 2.05. The third-order valence-electron chi connectivity index (χ3n) is 1.87. The Morgan fingerprint density at radius 2 is 2.15 bits per heavy atom. The lowest BCUT2D eigenvalue weighted by atomic mass is 10.1. The highest BCUT2D eigenvalue weighted by Crippen LogP contribution is 2.23. The Morgan fingerprint density at radius 3 is 2.69 bits per heavy atom. The first-order valence-electron chi connectivity index (χ1n) is 4.18. The van der Waals surface area contributed by atoms with Gasteiger partial charge in [0.15, 0.2) is 0 Å². The zero-order valence-corrected chi connectivity index (χ0v) is 7.83. The maximum Gasteiger partial charge on any atom is 0.140 e. The van der Waals surface area contributed by atoms with Crippen molar-refractivity contribution in [1.29, 1.82) is 0 Å². The van der Waals surface area contributed by atoms with E-state index in [9.17, 15) is 4.39 Å². The lowest BCUT2D eigenvalue weighted by Gasteiger charge is -2.12. The van der Waals surface area contributed by atoms with Gasteiger partial charge < -0.3 is 10.5 Å². The predicted molar refractivity (Wildman–Crippen MR) is 50.5 cm³/mol. The Hall–Kier alpha value is -1.09. The zero-order valence-electron chi connectivity index (χ0n) is 7.83. The minimum atomic E-state index is -1.13. The van der Waals surface area contributed by atoms with Crippen molar-refractivity contribution in [2.75, 3.05) is 7.11 Å². The van der Waals surface area contributed by atoms with Crippen LogP contribution in [0, 0.1) is 0 Å². The Kier molecular flexibility index (Phi) is 3.25. The van der Waals surface area contributed by atoms with E-state index in [-0.39, 0.29) is 0 Å². The van der Waals surface area contributed by atoms with Crippen molar-refractivity contribution < 1.29 is 9.13 Å². The molecule has 1 aromatic carbocycles. The van der Waals surface area contributed by atoms with Gasteiger partial charge in [0, 0.05) is 6.04 Å². The van der Waals surface area contributed by atoms with Gasteiger partial charge in [0.05, 0.1) is 7.11 Å². The van der Waals surface area contributed by atoms with Crippen LogP contribution in [0.2, 0.25) is 0 Å². The summed E-state index contributed by atoms with van der Waals surface area (Å²) in [6.07, 6.45) is -1.13. The highest BCUT2D eigenvalue weighted by Gasteiger charge is 2.14. The number of hydrogen-bond donors (Lipinski definition) is 1. The first-order valence-corrected chi connectivity index (χ1v) is 4.18. The second kappa shape index (κ2) is 4.23. The van der Waals surface area contributed by atoms with E-state index in [0.29, 0.717) is 11.3 Å². The van der Waals surface area contributed by atoms with Gasteiger partial charge in [-0.3, -0.25) is 0 Å². The monoisotopic (exact) mass is 183 g/mol. The highest BCUT2D eigenvalue weighted by molar-refractivity contribution is 5.30. The molecule has 3 heteroatoms. The van der Waals surface area contributed by atoms with Crippen molar-refractivity contribution in [2.45, 2.75) is 19.1 Å². The molecule has 0 spiro atoms. The van der Waals surface area contributed by atoms with Gasteiger partial charge in [-0.2, -0.15) is 0 Å². The number of ether oxygens (including phenoxy) is 1. The third kappa shape index (κ3) is 2.42. The average Bonchev–Trinajstić information content (AvgIpc) is 2.16. The fraction of sp³-hybridized carbons (Fsp3) is 0.400. The van der Waals surface area contributed by atoms with Gasteiger partial charge in [-0.25, -0.2) is 4.39 Å². The second-order valence-electron chi connectivity index (χ2n) is 3.04. The van der Waals surface area contributed by atoms with Crippen molar-refractivity contribution in [3.05, 3.63) is 29.8 Å². The normalized spacial score (nSPS) is 15.1. The Morgan fingerprint density at radius 1 is 1.46 bits per heavy atom. The molecule has 1 rings (SSSR count). The Bertz CT molecular complexity index is 275. The molecule has 0 amide bonds. The number of rotatable bonds is 3. The highest BCUT2D eigenvalue weighted by atomic mass is 19.1. The van der Waals surface area contributed by atoms with Gasteiger partial charge in [0.25, 0.3) is 0 Å². The molecule has 1 aromatic rings. The Labute approximate surface area is 77.5 Å². The summed E-state index contributed by atoms with van der Waals surface area (Å²) < 4.78 is 18.4. The molecule has 2 N–H and O–H groups in total. The molecule has 0 saturated carbocycles. The van der Waals surface area contributed by atoms with Gasteiger partial charge in [-0.1, -0.05) is 12.1 Å². The SMILES string of the molecule is COc1cccc([C@@H](F)[C@H](C)N)c1. The van der Waals surface area contributed by atoms with Crippen LogP contribution in [0.3, 0.4) is 0 Å². The fourth-order valence-corrected chi connectivity index (χ4v) is 1.12. The molecular formula is C10H14FNO. The van der Waals surface area contributed by atoms with Gasteiger partial charge >= 0.3 is 0 Å². The van der Waals surface area contributed by atoms with Crippen LogP contribution >= 0.6 is 0 Å². The molecule has 13 heavy (non-hydrogen) atoms. The summed E-state index contributed by atoms with van der Waals surface area (Å²) >= 11 is 0. The minimum absolute atomic E-state index is 0.493. The Balaban J connectivity index is 2.88. The fourth-order valence-electron chi connectivity index (χ4n) is 1.12. The lowest BCUT2D eigenvalue weighted by Crippen LogP contribution is -2.21. The standard InChI is InChI=1S/C10H14FNO/c1-7(12)10(11)8-4-3-5-9(6-8)13-2/h3-7,10H,12H2,1-2H3/t7-,10-/m0/s1. The maximum absolute atomic E-state index is 13.4. The topological polar surface area (TPSA) is 35.2 Å². The number of methoxy groups -OCH3 is 1. The van der Waals surface area contributed by atoms with Crippen molar-refractivity contribution in [1.82, 2.24) is 0 Å². The lowest BCUT2D eigenvalue weighted by molar-refractivity contribution is 0.298. The third-order valence-corrected chi connectivity index (χ3v) is 1.87. The molecule has 2 atom stereocenters. The first-order chi connectivity index (χ1) is 6.15. The molecule has 72 valence electrons. The van der Waals surface area contributed by atoms with Crippen LogP contribution in [0.15, 0.2) is 24.3 Å². The minimum Gasteiger partial charge on any atom is -0.497 e. The van der Waals surface area contributed by atoms with E-state index >= 15 is 0 Å². The summed E-state index contributed by atoms with van der Waals surface area (Å²) in [5, 5.41) is 0. The largest absolute Gasteiger partial charge is 0.497 e.